The molecule has 0 spiro atoms. The molecular weight excluding hydrogens is 300 g/mol. The summed E-state index contributed by atoms with van der Waals surface area (Å²) in [5, 5.41) is 31.7. The predicted molar refractivity (Wildman–Crippen MR) is 98.6 cm³/mol. The molecule has 1 aliphatic carbocycles. The normalized spacial score (nSPS) is 21.1. The second-order valence-electron chi connectivity index (χ2n) is 7.14. The van der Waals surface area contributed by atoms with Crippen LogP contribution < -0.4 is 0 Å². The molecule has 2 rings (SSSR count). The minimum Gasteiger partial charge on any atom is -0.512 e. The van der Waals surface area contributed by atoms with Crippen molar-refractivity contribution >= 4 is 0 Å². The summed E-state index contributed by atoms with van der Waals surface area (Å²) in [6.45, 7) is 10.0. The minimum absolute atomic E-state index is 0.0245. The van der Waals surface area contributed by atoms with Gasteiger partial charge in [-0.3, -0.25) is 0 Å². The molecule has 1 aliphatic rings. The largest absolute Gasteiger partial charge is 0.512 e. The number of allylic oxidation sites excluding steroid dienone is 3. The maximum atomic E-state index is 10.6. The molecule has 0 unspecified atom stereocenters. The zero-order valence-electron chi connectivity index (χ0n) is 15.1. The summed E-state index contributed by atoms with van der Waals surface area (Å²) >= 11 is 0. The van der Waals surface area contributed by atoms with Crippen molar-refractivity contribution in [2.24, 2.45) is 5.92 Å². The van der Waals surface area contributed by atoms with E-state index in [1.807, 2.05) is 13.8 Å². The van der Waals surface area contributed by atoms with E-state index < -0.39 is 5.92 Å². The molecule has 3 N–H and O–H groups in total. The second-order valence-corrected chi connectivity index (χ2v) is 7.14. The highest BCUT2D eigenvalue weighted by atomic mass is 16.3. The Balaban J connectivity index is 2.42. The summed E-state index contributed by atoms with van der Waals surface area (Å²) in [4.78, 5) is 0. The van der Waals surface area contributed by atoms with Gasteiger partial charge in [0.2, 0.25) is 0 Å². The molecule has 0 saturated carbocycles. The lowest BCUT2D eigenvalue weighted by molar-refractivity contribution is 0.287. The van der Waals surface area contributed by atoms with Crippen LogP contribution in [0.2, 0.25) is 0 Å². The molecule has 132 valence electrons. The molecular formula is C21H30O3. The Hall–Kier alpha value is -1.90. The zero-order valence-corrected chi connectivity index (χ0v) is 15.1. The van der Waals surface area contributed by atoms with Gasteiger partial charge in [0.05, 0.1) is 11.7 Å². The van der Waals surface area contributed by atoms with E-state index in [4.69, 9.17) is 0 Å². The van der Waals surface area contributed by atoms with Gasteiger partial charge in [-0.1, -0.05) is 31.9 Å². The van der Waals surface area contributed by atoms with Crippen LogP contribution in [0.3, 0.4) is 0 Å². The molecule has 0 heterocycles. The van der Waals surface area contributed by atoms with Gasteiger partial charge in [0.1, 0.15) is 11.5 Å². The number of rotatable bonds is 6. The number of phenolic OH excluding ortho intramolecular Hbond substituents is 2. The van der Waals surface area contributed by atoms with Crippen LogP contribution in [-0.4, -0.2) is 15.3 Å². The van der Waals surface area contributed by atoms with Gasteiger partial charge < -0.3 is 15.3 Å². The van der Waals surface area contributed by atoms with Gasteiger partial charge in [-0.25, -0.2) is 0 Å². The van der Waals surface area contributed by atoms with Crippen molar-refractivity contribution in [3.8, 4) is 11.5 Å². The van der Waals surface area contributed by atoms with Crippen LogP contribution in [0.4, 0.5) is 0 Å². The van der Waals surface area contributed by atoms with Gasteiger partial charge in [0.25, 0.3) is 0 Å². The van der Waals surface area contributed by atoms with Gasteiger partial charge in [0.15, 0.2) is 0 Å². The van der Waals surface area contributed by atoms with E-state index in [-0.39, 0.29) is 23.2 Å². The fourth-order valence-corrected chi connectivity index (χ4v) is 3.71. The van der Waals surface area contributed by atoms with Crippen LogP contribution in [0.15, 0.2) is 35.6 Å². The number of aliphatic hydroxyl groups is 1. The lowest BCUT2D eigenvalue weighted by Crippen LogP contribution is -2.22. The van der Waals surface area contributed by atoms with Crippen molar-refractivity contribution < 1.29 is 15.3 Å². The molecule has 0 fully saturated rings. The number of unbranched alkanes of at least 4 members (excludes halogenated alkanes) is 2. The van der Waals surface area contributed by atoms with Gasteiger partial charge in [0, 0.05) is 5.56 Å². The highest BCUT2D eigenvalue weighted by Crippen LogP contribution is 2.49. The van der Waals surface area contributed by atoms with Gasteiger partial charge in [-0.15, -0.1) is 0 Å². The fourth-order valence-electron chi connectivity index (χ4n) is 3.71. The third-order valence-corrected chi connectivity index (χ3v) is 5.17. The first kappa shape index (κ1) is 18.4. The van der Waals surface area contributed by atoms with Crippen LogP contribution in [0.1, 0.15) is 69.9 Å². The van der Waals surface area contributed by atoms with Crippen molar-refractivity contribution in [2.75, 3.05) is 0 Å². The summed E-state index contributed by atoms with van der Waals surface area (Å²) in [5.41, 5.74) is 3.25. The molecule has 2 atom stereocenters. The lowest BCUT2D eigenvalue weighted by atomic mass is 9.72. The monoisotopic (exact) mass is 330 g/mol. The standard InChI is InChI=1S/C21H30O3/c1-5-6-7-8-15-11-17(22)20(18(23)12-15)19-16(13(2)3)10-9-14(4)21(19)24/h11-12,16,19,22-24H,2,5-10H2,1,3-4H3/t16-,19+/m0/s1. The Bertz CT molecular complexity index is 619. The summed E-state index contributed by atoms with van der Waals surface area (Å²) < 4.78 is 0. The average Bonchev–Trinajstić information content (AvgIpc) is 2.51. The van der Waals surface area contributed by atoms with E-state index in [9.17, 15) is 15.3 Å². The first-order valence-corrected chi connectivity index (χ1v) is 8.95. The van der Waals surface area contributed by atoms with Gasteiger partial charge >= 0.3 is 0 Å². The van der Waals surface area contributed by atoms with Crippen LogP contribution in [0.5, 0.6) is 11.5 Å². The Morgan fingerprint density at radius 3 is 2.33 bits per heavy atom. The summed E-state index contributed by atoms with van der Waals surface area (Å²) in [5.74, 6) is 0.00830. The Kier molecular flexibility index (Phi) is 5.98. The summed E-state index contributed by atoms with van der Waals surface area (Å²) in [6.07, 6.45) is 5.83. The van der Waals surface area contributed by atoms with Crippen LogP contribution in [0, 0.1) is 5.92 Å². The number of aromatic hydroxyl groups is 2. The number of aliphatic hydroxyl groups excluding tert-OH is 1. The topological polar surface area (TPSA) is 60.7 Å². The summed E-state index contributed by atoms with van der Waals surface area (Å²) in [7, 11) is 0. The number of phenols is 2. The molecule has 0 bridgehead atoms. The Morgan fingerprint density at radius 1 is 1.17 bits per heavy atom. The fraction of sp³-hybridized carbons (Fsp3) is 0.524. The number of aryl methyl sites for hydroxylation is 1. The Labute approximate surface area is 145 Å². The van der Waals surface area contributed by atoms with Gasteiger partial charge in [-0.2, -0.15) is 0 Å². The second kappa shape index (κ2) is 7.78. The van der Waals surface area contributed by atoms with E-state index in [1.54, 1.807) is 12.1 Å². The minimum atomic E-state index is -0.416. The highest BCUT2D eigenvalue weighted by Gasteiger charge is 2.35. The molecule has 0 amide bonds. The van der Waals surface area contributed by atoms with E-state index in [1.165, 1.54) is 0 Å². The zero-order chi connectivity index (χ0) is 17.9. The molecule has 24 heavy (non-hydrogen) atoms. The molecule has 0 aliphatic heterocycles. The molecule has 3 nitrogen and oxygen atoms in total. The van der Waals surface area contributed by atoms with Crippen LogP contribution >= 0.6 is 0 Å². The maximum Gasteiger partial charge on any atom is 0.123 e. The van der Waals surface area contributed by atoms with E-state index in [0.29, 0.717) is 5.56 Å². The molecule has 0 aromatic heterocycles. The average molecular weight is 330 g/mol. The molecule has 3 heteroatoms. The van der Waals surface area contributed by atoms with E-state index in [0.717, 1.165) is 55.2 Å². The van der Waals surface area contributed by atoms with Crippen molar-refractivity contribution in [1.82, 2.24) is 0 Å². The molecule has 0 radical (unpaired) electrons. The number of hydrogen-bond donors (Lipinski definition) is 3. The van der Waals surface area contributed by atoms with Crippen LogP contribution in [0.25, 0.3) is 0 Å². The van der Waals surface area contributed by atoms with Crippen molar-refractivity contribution in [3.05, 3.63) is 46.7 Å². The Morgan fingerprint density at radius 2 is 1.79 bits per heavy atom. The first-order valence-electron chi connectivity index (χ1n) is 8.95. The van der Waals surface area contributed by atoms with E-state index >= 15 is 0 Å². The van der Waals surface area contributed by atoms with Gasteiger partial charge in [-0.05, 0) is 68.7 Å². The third kappa shape index (κ3) is 3.77. The number of benzene rings is 1. The first-order chi connectivity index (χ1) is 11.4. The highest BCUT2D eigenvalue weighted by molar-refractivity contribution is 5.52. The van der Waals surface area contributed by atoms with Crippen molar-refractivity contribution in [3.63, 3.8) is 0 Å². The summed E-state index contributed by atoms with van der Waals surface area (Å²) in [6, 6.07) is 3.47. The van der Waals surface area contributed by atoms with Crippen molar-refractivity contribution in [2.45, 2.75) is 65.2 Å². The smallest absolute Gasteiger partial charge is 0.123 e. The lowest BCUT2D eigenvalue weighted by Gasteiger charge is -2.33. The SMILES string of the molecule is C=C(C)[C@@H]1CCC(C)=C(O)[C@H]1c1c(O)cc(CCCCC)cc1O. The van der Waals surface area contributed by atoms with E-state index in [2.05, 4.69) is 13.5 Å². The molecule has 0 saturated heterocycles. The molecule has 1 aromatic rings. The third-order valence-electron chi connectivity index (χ3n) is 5.17. The molecule has 1 aromatic carbocycles. The van der Waals surface area contributed by atoms with Crippen LogP contribution in [-0.2, 0) is 6.42 Å². The quantitative estimate of drug-likeness (QED) is 0.461. The number of hydrogen-bond acceptors (Lipinski definition) is 3. The predicted octanol–water partition coefficient (Wildman–Crippen LogP) is 5.73. The van der Waals surface area contributed by atoms with Crippen molar-refractivity contribution in [1.29, 1.82) is 0 Å². The maximum absolute atomic E-state index is 10.6.